The minimum atomic E-state index is -1.22. The minimum Gasteiger partial charge on any atom is -0.476 e. The first kappa shape index (κ1) is 14.6. The summed E-state index contributed by atoms with van der Waals surface area (Å²) in [6, 6.07) is 0. The van der Waals surface area contributed by atoms with Crippen LogP contribution < -0.4 is 5.32 Å². The molecule has 0 atom stereocenters. The second-order valence-corrected chi connectivity index (χ2v) is 3.79. The fraction of sp³-hybridized carbons (Fsp3) is 0.500. The molecule has 104 valence electrons. The highest BCUT2D eigenvalue weighted by Crippen LogP contribution is 1.92. The molecule has 0 saturated heterocycles. The van der Waals surface area contributed by atoms with Crippen LogP contribution in [0.1, 0.15) is 17.4 Å². The molecule has 0 radical (unpaired) electrons. The zero-order valence-electron chi connectivity index (χ0n) is 10.7. The Labute approximate surface area is 109 Å². The lowest BCUT2D eigenvalue weighted by atomic mass is 10.4. The number of likely N-dealkylation sites (N-methyl/N-ethyl adjacent to an activating group) is 1. The topological polar surface area (TPSA) is 117 Å². The Morgan fingerprint density at radius 3 is 2.68 bits per heavy atom. The molecule has 2 amide bonds. The maximum absolute atomic E-state index is 11.5. The van der Waals surface area contributed by atoms with Crippen LogP contribution in [0.3, 0.4) is 0 Å². The van der Waals surface area contributed by atoms with Crippen molar-refractivity contribution in [3.8, 4) is 0 Å². The average Bonchev–Trinajstić information content (AvgIpc) is 2.83. The van der Waals surface area contributed by atoms with Gasteiger partial charge in [-0.3, -0.25) is 9.59 Å². The van der Waals surface area contributed by atoms with E-state index in [1.807, 2.05) is 6.92 Å². The molecule has 0 fully saturated rings. The van der Waals surface area contributed by atoms with Gasteiger partial charge in [0.25, 0.3) is 0 Å². The molecule has 0 aromatic carbocycles. The van der Waals surface area contributed by atoms with Gasteiger partial charge >= 0.3 is 5.97 Å². The maximum Gasteiger partial charge on any atom is 0.358 e. The minimum absolute atomic E-state index is 0.107. The lowest BCUT2D eigenvalue weighted by Crippen LogP contribution is -2.39. The van der Waals surface area contributed by atoms with Crippen molar-refractivity contribution in [3.63, 3.8) is 0 Å². The predicted octanol–water partition coefficient (Wildman–Crippen LogP) is -1.43. The van der Waals surface area contributed by atoms with E-state index in [-0.39, 0.29) is 24.7 Å². The van der Waals surface area contributed by atoms with Crippen molar-refractivity contribution < 1.29 is 19.5 Å². The van der Waals surface area contributed by atoms with Crippen LogP contribution in [0.15, 0.2) is 6.20 Å². The summed E-state index contributed by atoms with van der Waals surface area (Å²) in [7, 11) is 1.63. The van der Waals surface area contributed by atoms with Gasteiger partial charge in [-0.1, -0.05) is 5.21 Å². The molecule has 9 heteroatoms. The summed E-state index contributed by atoms with van der Waals surface area (Å²) in [4.78, 5) is 34.9. The number of amides is 2. The van der Waals surface area contributed by atoms with Gasteiger partial charge < -0.3 is 15.3 Å². The van der Waals surface area contributed by atoms with Gasteiger partial charge in [-0.25, -0.2) is 9.48 Å². The van der Waals surface area contributed by atoms with Crippen LogP contribution >= 0.6 is 0 Å². The SMILES string of the molecule is CCN(C)C(=O)CNC(=O)Cn1cc(C(=O)O)nn1. The number of rotatable bonds is 6. The first-order valence-electron chi connectivity index (χ1n) is 5.58. The van der Waals surface area contributed by atoms with E-state index < -0.39 is 11.9 Å². The number of nitrogens with one attached hydrogen (secondary N) is 1. The molecule has 2 N–H and O–H groups in total. The summed E-state index contributed by atoms with van der Waals surface area (Å²) >= 11 is 0. The van der Waals surface area contributed by atoms with Crippen LogP contribution in [0.5, 0.6) is 0 Å². The molecule has 0 aliphatic heterocycles. The normalized spacial score (nSPS) is 10.0. The average molecular weight is 269 g/mol. The highest BCUT2D eigenvalue weighted by molar-refractivity contribution is 5.85. The van der Waals surface area contributed by atoms with Gasteiger partial charge in [0, 0.05) is 13.6 Å². The van der Waals surface area contributed by atoms with E-state index in [1.165, 1.54) is 4.90 Å². The highest BCUT2D eigenvalue weighted by Gasteiger charge is 2.12. The van der Waals surface area contributed by atoms with Crippen molar-refractivity contribution in [2.45, 2.75) is 13.5 Å². The summed E-state index contributed by atoms with van der Waals surface area (Å²) < 4.78 is 1.09. The summed E-state index contributed by atoms with van der Waals surface area (Å²) in [5.41, 5.74) is -0.241. The van der Waals surface area contributed by atoms with Crippen LogP contribution in [-0.2, 0) is 16.1 Å². The van der Waals surface area contributed by atoms with E-state index >= 15 is 0 Å². The zero-order chi connectivity index (χ0) is 14.4. The number of carboxylic acids is 1. The van der Waals surface area contributed by atoms with Crippen molar-refractivity contribution in [1.82, 2.24) is 25.2 Å². The van der Waals surface area contributed by atoms with E-state index in [0.29, 0.717) is 6.54 Å². The molecular weight excluding hydrogens is 254 g/mol. The number of aromatic nitrogens is 3. The van der Waals surface area contributed by atoms with Gasteiger partial charge in [-0.15, -0.1) is 5.10 Å². The molecule has 9 nitrogen and oxygen atoms in total. The molecule has 0 bridgehead atoms. The molecule has 0 saturated carbocycles. The highest BCUT2D eigenvalue weighted by atomic mass is 16.4. The van der Waals surface area contributed by atoms with Gasteiger partial charge in [0.1, 0.15) is 6.54 Å². The van der Waals surface area contributed by atoms with Gasteiger partial charge in [0.05, 0.1) is 12.7 Å². The lowest BCUT2D eigenvalue weighted by Gasteiger charge is -2.14. The van der Waals surface area contributed by atoms with Crippen LogP contribution in [0.25, 0.3) is 0 Å². The Morgan fingerprint density at radius 1 is 1.47 bits per heavy atom. The first-order chi connectivity index (χ1) is 8.93. The first-order valence-corrected chi connectivity index (χ1v) is 5.58. The quantitative estimate of drug-likeness (QED) is 0.654. The predicted molar refractivity (Wildman–Crippen MR) is 63.3 cm³/mol. The molecule has 19 heavy (non-hydrogen) atoms. The number of carbonyl (C=O) groups is 3. The van der Waals surface area contributed by atoms with Crippen molar-refractivity contribution in [2.24, 2.45) is 0 Å². The van der Waals surface area contributed by atoms with Crippen molar-refractivity contribution in [1.29, 1.82) is 0 Å². The third-order valence-corrected chi connectivity index (χ3v) is 2.40. The van der Waals surface area contributed by atoms with Gasteiger partial charge in [-0.05, 0) is 6.92 Å². The van der Waals surface area contributed by atoms with Crippen LogP contribution in [0.2, 0.25) is 0 Å². The molecule has 1 heterocycles. The molecule has 1 rings (SSSR count). The Bertz CT molecular complexity index is 484. The fourth-order valence-electron chi connectivity index (χ4n) is 1.16. The van der Waals surface area contributed by atoms with E-state index in [9.17, 15) is 14.4 Å². The molecule has 0 aliphatic rings. The van der Waals surface area contributed by atoms with Gasteiger partial charge in [-0.2, -0.15) is 0 Å². The molecule has 0 aliphatic carbocycles. The van der Waals surface area contributed by atoms with Crippen molar-refractivity contribution >= 4 is 17.8 Å². The molecule has 0 spiro atoms. The molecule has 0 unspecified atom stereocenters. The molecule has 1 aromatic heterocycles. The Kier molecular flexibility index (Phi) is 4.98. The smallest absolute Gasteiger partial charge is 0.358 e. The Morgan fingerprint density at radius 2 is 2.16 bits per heavy atom. The number of hydrogen-bond donors (Lipinski definition) is 2. The number of hydrogen-bond acceptors (Lipinski definition) is 5. The second-order valence-electron chi connectivity index (χ2n) is 3.79. The second kappa shape index (κ2) is 6.47. The summed E-state index contributed by atoms with van der Waals surface area (Å²) in [6.45, 7) is 2.08. The molecule has 1 aromatic rings. The number of aromatic carboxylic acids is 1. The third-order valence-electron chi connectivity index (χ3n) is 2.40. The van der Waals surface area contributed by atoms with E-state index in [4.69, 9.17) is 5.11 Å². The van der Waals surface area contributed by atoms with Crippen LogP contribution in [0.4, 0.5) is 0 Å². The Balaban J connectivity index is 2.42. The van der Waals surface area contributed by atoms with E-state index in [0.717, 1.165) is 10.9 Å². The van der Waals surface area contributed by atoms with Gasteiger partial charge in [0.15, 0.2) is 5.69 Å². The number of carboxylic acid groups (broad SMARTS) is 1. The lowest BCUT2D eigenvalue weighted by molar-refractivity contribution is -0.131. The standard InChI is InChI=1S/C10H15N5O4/c1-3-14(2)9(17)4-11-8(16)6-15-5-7(10(18)19)12-13-15/h5H,3-4,6H2,1-2H3,(H,11,16)(H,18,19). The third kappa shape index (κ3) is 4.37. The van der Waals surface area contributed by atoms with E-state index in [2.05, 4.69) is 15.6 Å². The van der Waals surface area contributed by atoms with Crippen LogP contribution in [0, 0.1) is 0 Å². The van der Waals surface area contributed by atoms with Crippen molar-refractivity contribution in [3.05, 3.63) is 11.9 Å². The monoisotopic (exact) mass is 269 g/mol. The fourth-order valence-corrected chi connectivity index (χ4v) is 1.16. The van der Waals surface area contributed by atoms with E-state index in [1.54, 1.807) is 7.05 Å². The van der Waals surface area contributed by atoms with Crippen LogP contribution in [-0.4, -0.2) is 62.9 Å². The van der Waals surface area contributed by atoms with Crippen molar-refractivity contribution in [2.75, 3.05) is 20.1 Å². The van der Waals surface area contributed by atoms with Gasteiger partial charge in [0.2, 0.25) is 11.8 Å². The largest absolute Gasteiger partial charge is 0.476 e. The summed E-state index contributed by atoms with van der Waals surface area (Å²) in [5.74, 6) is -1.87. The maximum atomic E-state index is 11.5. The number of nitrogens with zero attached hydrogens (tertiary/aromatic N) is 4. The summed E-state index contributed by atoms with van der Waals surface area (Å²) in [6.07, 6.45) is 1.14. The Hall–Kier alpha value is -2.45. The molecular formula is C10H15N5O4. The summed E-state index contributed by atoms with van der Waals surface area (Å²) in [5, 5.41) is 17.9. The zero-order valence-corrected chi connectivity index (χ0v) is 10.7. The number of carbonyl (C=O) groups excluding carboxylic acids is 2.